The highest BCUT2D eigenvalue weighted by Crippen LogP contribution is 2.40. The second-order valence-electron chi connectivity index (χ2n) is 6.39. The molecule has 3 N–H and O–H groups in total. The second-order valence-corrected chi connectivity index (χ2v) is 6.39. The number of aromatic amines is 1. The quantitative estimate of drug-likeness (QED) is 0.552. The molecule has 0 aliphatic carbocycles. The van der Waals surface area contributed by atoms with Crippen molar-refractivity contribution >= 4 is 5.91 Å². The van der Waals surface area contributed by atoms with E-state index in [2.05, 4.69) is 29.0 Å². The number of aromatic nitrogens is 2. The zero-order chi connectivity index (χ0) is 18.8. The van der Waals surface area contributed by atoms with Crippen molar-refractivity contribution in [2.24, 2.45) is 5.73 Å². The van der Waals surface area contributed by atoms with Gasteiger partial charge in [-0.25, -0.2) is 0 Å². The van der Waals surface area contributed by atoms with Crippen molar-refractivity contribution in [1.82, 2.24) is 9.97 Å². The van der Waals surface area contributed by atoms with E-state index >= 15 is 0 Å². The SMILES string of the molecule is Cc1c(-c2ccncc2)[nH]c(-c2ccccc2)c1-c1ccccc1C(N)=O. The fourth-order valence-electron chi connectivity index (χ4n) is 3.47. The molecule has 0 aliphatic heterocycles. The Labute approximate surface area is 157 Å². The molecule has 0 bridgehead atoms. The van der Waals surface area contributed by atoms with Gasteiger partial charge in [0.15, 0.2) is 0 Å². The molecule has 27 heavy (non-hydrogen) atoms. The summed E-state index contributed by atoms with van der Waals surface area (Å²) in [5.41, 5.74) is 13.1. The number of rotatable bonds is 4. The average molecular weight is 353 g/mol. The summed E-state index contributed by atoms with van der Waals surface area (Å²) in [4.78, 5) is 19.7. The van der Waals surface area contributed by atoms with Gasteiger partial charge in [-0.15, -0.1) is 0 Å². The summed E-state index contributed by atoms with van der Waals surface area (Å²) in [6, 6.07) is 21.5. The van der Waals surface area contributed by atoms with Crippen molar-refractivity contribution in [3.8, 4) is 33.6 Å². The third-order valence-corrected chi connectivity index (χ3v) is 4.74. The molecule has 2 aromatic heterocycles. The molecule has 4 nitrogen and oxygen atoms in total. The Hall–Kier alpha value is -3.66. The van der Waals surface area contributed by atoms with Crippen LogP contribution in [0.1, 0.15) is 15.9 Å². The Morgan fingerprint density at radius 3 is 2.19 bits per heavy atom. The lowest BCUT2D eigenvalue weighted by molar-refractivity contribution is 0.100. The molecule has 0 saturated carbocycles. The number of nitrogens with one attached hydrogen (secondary N) is 1. The van der Waals surface area contributed by atoms with Crippen LogP contribution in [0.3, 0.4) is 0 Å². The fraction of sp³-hybridized carbons (Fsp3) is 0.0435. The van der Waals surface area contributed by atoms with Crippen LogP contribution in [0.2, 0.25) is 0 Å². The van der Waals surface area contributed by atoms with Gasteiger partial charge in [0, 0.05) is 34.8 Å². The fourth-order valence-corrected chi connectivity index (χ4v) is 3.47. The van der Waals surface area contributed by atoms with Gasteiger partial charge in [-0.2, -0.15) is 0 Å². The molecule has 4 rings (SSSR count). The molecule has 2 aromatic carbocycles. The van der Waals surface area contributed by atoms with Crippen molar-refractivity contribution in [3.05, 3.63) is 90.3 Å². The van der Waals surface area contributed by atoms with E-state index in [9.17, 15) is 4.79 Å². The summed E-state index contributed by atoms with van der Waals surface area (Å²) in [5, 5.41) is 0. The minimum atomic E-state index is -0.435. The van der Waals surface area contributed by atoms with Gasteiger partial charge in [0.1, 0.15) is 0 Å². The Bertz CT molecular complexity index is 1100. The van der Waals surface area contributed by atoms with Crippen LogP contribution >= 0.6 is 0 Å². The first kappa shape index (κ1) is 16.8. The molecule has 132 valence electrons. The van der Waals surface area contributed by atoms with Crippen LogP contribution in [-0.2, 0) is 0 Å². The van der Waals surface area contributed by atoms with Gasteiger partial charge in [-0.1, -0.05) is 48.5 Å². The molecule has 0 saturated heterocycles. The molecular weight excluding hydrogens is 334 g/mol. The Balaban J connectivity index is 2.04. The predicted molar refractivity (Wildman–Crippen MR) is 108 cm³/mol. The Morgan fingerprint density at radius 1 is 0.852 bits per heavy atom. The second kappa shape index (κ2) is 6.92. The van der Waals surface area contributed by atoms with E-state index in [0.717, 1.165) is 39.2 Å². The summed E-state index contributed by atoms with van der Waals surface area (Å²) < 4.78 is 0. The minimum absolute atomic E-state index is 0.435. The molecule has 0 spiro atoms. The summed E-state index contributed by atoms with van der Waals surface area (Å²) in [6.07, 6.45) is 3.55. The Kier molecular flexibility index (Phi) is 4.30. The first-order valence-corrected chi connectivity index (χ1v) is 8.74. The first-order chi connectivity index (χ1) is 13.2. The highest BCUT2D eigenvalue weighted by atomic mass is 16.1. The molecule has 4 aromatic rings. The molecule has 0 radical (unpaired) electrons. The standard InChI is InChI=1S/C23H19N3O/c1-15-20(18-9-5-6-10-19(18)23(24)27)22(16-7-3-2-4-8-16)26-21(15)17-11-13-25-14-12-17/h2-14,26H,1H3,(H2,24,27). The van der Waals surface area contributed by atoms with Gasteiger partial charge in [0.2, 0.25) is 5.91 Å². The van der Waals surface area contributed by atoms with Gasteiger partial charge in [0.05, 0.1) is 5.69 Å². The van der Waals surface area contributed by atoms with E-state index in [1.807, 2.05) is 48.5 Å². The zero-order valence-corrected chi connectivity index (χ0v) is 14.9. The third-order valence-electron chi connectivity index (χ3n) is 4.74. The lowest BCUT2D eigenvalue weighted by Crippen LogP contribution is -2.12. The normalized spacial score (nSPS) is 10.7. The van der Waals surface area contributed by atoms with E-state index in [4.69, 9.17) is 5.73 Å². The van der Waals surface area contributed by atoms with E-state index in [1.165, 1.54) is 0 Å². The number of hydrogen-bond acceptors (Lipinski definition) is 2. The predicted octanol–water partition coefficient (Wildman–Crippen LogP) is 4.82. The monoisotopic (exact) mass is 353 g/mol. The number of primary amides is 1. The van der Waals surface area contributed by atoms with Gasteiger partial charge < -0.3 is 10.7 Å². The van der Waals surface area contributed by atoms with Crippen molar-refractivity contribution in [2.45, 2.75) is 6.92 Å². The molecule has 0 aliphatic rings. The molecule has 4 heteroatoms. The van der Waals surface area contributed by atoms with E-state index < -0.39 is 5.91 Å². The van der Waals surface area contributed by atoms with Crippen LogP contribution < -0.4 is 5.73 Å². The largest absolute Gasteiger partial charge is 0.366 e. The number of benzene rings is 2. The van der Waals surface area contributed by atoms with Crippen molar-refractivity contribution < 1.29 is 4.79 Å². The summed E-state index contributed by atoms with van der Waals surface area (Å²) >= 11 is 0. The minimum Gasteiger partial charge on any atom is -0.366 e. The van der Waals surface area contributed by atoms with Gasteiger partial charge in [0.25, 0.3) is 0 Å². The van der Waals surface area contributed by atoms with E-state index in [1.54, 1.807) is 18.5 Å². The Morgan fingerprint density at radius 2 is 1.48 bits per heavy atom. The summed E-state index contributed by atoms with van der Waals surface area (Å²) in [6.45, 7) is 2.06. The molecular formula is C23H19N3O. The number of carbonyl (C=O) groups is 1. The lowest BCUT2D eigenvalue weighted by atomic mass is 9.93. The number of nitrogens with zero attached hydrogens (tertiary/aromatic N) is 1. The number of pyridine rings is 1. The van der Waals surface area contributed by atoms with Crippen LogP contribution in [0, 0.1) is 6.92 Å². The van der Waals surface area contributed by atoms with Crippen LogP contribution in [0.15, 0.2) is 79.1 Å². The number of H-pyrrole nitrogens is 1. The van der Waals surface area contributed by atoms with Crippen LogP contribution in [-0.4, -0.2) is 15.9 Å². The van der Waals surface area contributed by atoms with E-state index in [-0.39, 0.29) is 0 Å². The smallest absolute Gasteiger partial charge is 0.249 e. The maximum atomic E-state index is 12.0. The molecule has 0 fully saturated rings. The summed E-state index contributed by atoms with van der Waals surface area (Å²) in [7, 11) is 0. The maximum Gasteiger partial charge on any atom is 0.249 e. The third kappa shape index (κ3) is 3.02. The van der Waals surface area contributed by atoms with Crippen molar-refractivity contribution in [2.75, 3.05) is 0 Å². The number of amides is 1. The first-order valence-electron chi connectivity index (χ1n) is 8.74. The number of nitrogens with two attached hydrogens (primary N) is 1. The molecule has 0 unspecified atom stereocenters. The number of hydrogen-bond donors (Lipinski definition) is 2. The van der Waals surface area contributed by atoms with Gasteiger partial charge in [-0.05, 0) is 41.8 Å². The van der Waals surface area contributed by atoms with Crippen molar-refractivity contribution in [3.63, 3.8) is 0 Å². The summed E-state index contributed by atoms with van der Waals surface area (Å²) in [5.74, 6) is -0.435. The van der Waals surface area contributed by atoms with Crippen molar-refractivity contribution in [1.29, 1.82) is 0 Å². The van der Waals surface area contributed by atoms with Crippen LogP contribution in [0.4, 0.5) is 0 Å². The van der Waals surface area contributed by atoms with Crippen LogP contribution in [0.25, 0.3) is 33.6 Å². The van der Waals surface area contributed by atoms with Gasteiger partial charge >= 0.3 is 0 Å². The molecule has 1 amide bonds. The lowest BCUT2D eigenvalue weighted by Gasteiger charge is -2.10. The number of carbonyl (C=O) groups excluding carboxylic acids is 1. The molecule has 0 atom stereocenters. The van der Waals surface area contributed by atoms with Crippen LogP contribution in [0.5, 0.6) is 0 Å². The highest BCUT2D eigenvalue weighted by Gasteiger charge is 2.21. The zero-order valence-electron chi connectivity index (χ0n) is 14.9. The topological polar surface area (TPSA) is 71.8 Å². The average Bonchev–Trinajstić information content (AvgIpc) is 3.06. The van der Waals surface area contributed by atoms with E-state index in [0.29, 0.717) is 5.56 Å². The molecule has 2 heterocycles. The van der Waals surface area contributed by atoms with Gasteiger partial charge in [-0.3, -0.25) is 9.78 Å². The highest BCUT2D eigenvalue weighted by molar-refractivity contribution is 6.03. The maximum absolute atomic E-state index is 12.0.